The van der Waals surface area contributed by atoms with Crippen molar-refractivity contribution in [2.45, 2.75) is 34.1 Å². The minimum absolute atomic E-state index is 1.14. The van der Waals surface area contributed by atoms with E-state index >= 15 is 0 Å². The lowest BCUT2D eigenvalue weighted by atomic mass is 10.4. The number of hydrogen-bond acceptors (Lipinski definition) is 2. The van der Waals surface area contributed by atoms with E-state index in [9.17, 15) is 0 Å². The van der Waals surface area contributed by atoms with Crippen molar-refractivity contribution in [2.75, 3.05) is 26.2 Å². The number of nitrogens with one attached hydrogen (secondary N) is 2. The fraction of sp³-hybridized carbons (Fsp3) is 1.00. The molecule has 2 nitrogen and oxygen atoms in total. The van der Waals surface area contributed by atoms with Crippen LogP contribution in [0.1, 0.15) is 34.1 Å². The van der Waals surface area contributed by atoms with Gasteiger partial charge in [0.15, 0.2) is 0 Å². The molecule has 2 N–H and O–H groups in total. The third kappa shape index (κ3) is 13.0. The minimum Gasteiger partial charge on any atom is -0.315 e. The summed E-state index contributed by atoms with van der Waals surface area (Å²) in [4.78, 5) is 0. The standard InChI is InChI=1S/C5H12N2.2C2H6/c1-2-6-4-5-7-3-1;2*1-2/h6-7H,1-5H2;2*1-2H3. The zero-order valence-electron chi connectivity index (χ0n) is 8.54. The van der Waals surface area contributed by atoms with Crippen molar-refractivity contribution in [3.8, 4) is 0 Å². The van der Waals surface area contributed by atoms with Gasteiger partial charge in [0.05, 0.1) is 0 Å². The zero-order valence-corrected chi connectivity index (χ0v) is 8.54. The van der Waals surface area contributed by atoms with Crippen molar-refractivity contribution >= 4 is 0 Å². The molecule has 1 heterocycles. The van der Waals surface area contributed by atoms with Crippen molar-refractivity contribution in [3.63, 3.8) is 0 Å². The van der Waals surface area contributed by atoms with E-state index in [1.165, 1.54) is 19.5 Å². The Bertz CT molecular complexity index is 27.2. The summed E-state index contributed by atoms with van der Waals surface area (Å²) < 4.78 is 0. The molecule has 0 aromatic rings. The summed E-state index contributed by atoms with van der Waals surface area (Å²) in [6.07, 6.45) is 1.28. The Balaban J connectivity index is 0. The SMILES string of the molecule is C1CNCCNC1.CC.CC. The van der Waals surface area contributed by atoms with Crippen molar-refractivity contribution in [3.05, 3.63) is 0 Å². The minimum atomic E-state index is 1.14. The van der Waals surface area contributed by atoms with Gasteiger partial charge in [-0.15, -0.1) is 0 Å². The fourth-order valence-electron chi connectivity index (χ4n) is 0.765. The van der Waals surface area contributed by atoms with Crippen molar-refractivity contribution in [2.24, 2.45) is 0 Å². The average Bonchev–Trinajstić information content (AvgIpc) is 2.42. The second kappa shape index (κ2) is 16.5. The molecule has 1 aliphatic rings. The van der Waals surface area contributed by atoms with Gasteiger partial charge in [-0.2, -0.15) is 0 Å². The Kier molecular flexibility index (Phi) is 20.2. The molecule has 0 aliphatic carbocycles. The summed E-state index contributed by atoms with van der Waals surface area (Å²) in [7, 11) is 0. The molecule has 70 valence electrons. The van der Waals surface area contributed by atoms with E-state index in [4.69, 9.17) is 0 Å². The zero-order chi connectivity index (χ0) is 8.95. The maximum absolute atomic E-state index is 3.28. The highest BCUT2D eigenvalue weighted by atomic mass is 15.0. The van der Waals surface area contributed by atoms with Crippen LogP contribution in [0, 0.1) is 0 Å². The van der Waals surface area contributed by atoms with Crippen LogP contribution in [0.15, 0.2) is 0 Å². The van der Waals surface area contributed by atoms with E-state index in [0.717, 1.165) is 13.1 Å². The molecule has 0 saturated carbocycles. The Labute approximate surface area is 71.8 Å². The van der Waals surface area contributed by atoms with Gasteiger partial charge in [-0.1, -0.05) is 27.7 Å². The first kappa shape index (κ1) is 13.5. The van der Waals surface area contributed by atoms with Crippen LogP contribution in [0.5, 0.6) is 0 Å². The van der Waals surface area contributed by atoms with Crippen LogP contribution in [0.3, 0.4) is 0 Å². The van der Waals surface area contributed by atoms with Gasteiger partial charge < -0.3 is 10.6 Å². The van der Waals surface area contributed by atoms with Gasteiger partial charge in [-0.25, -0.2) is 0 Å². The molecular formula is C9H24N2. The van der Waals surface area contributed by atoms with E-state index in [2.05, 4.69) is 10.6 Å². The third-order valence-electron chi connectivity index (χ3n) is 1.19. The molecule has 0 aromatic carbocycles. The van der Waals surface area contributed by atoms with E-state index < -0.39 is 0 Å². The third-order valence-corrected chi connectivity index (χ3v) is 1.19. The van der Waals surface area contributed by atoms with E-state index in [1.807, 2.05) is 27.7 Å². The monoisotopic (exact) mass is 160 g/mol. The maximum Gasteiger partial charge on any atom is 0.00767 e. The van der Waals surface area contributed by atoms with Crippen LogP contribution in [0.4, 0.5) is 0 Å². The highest BCUT2D eigenvalue weighted by molar-refractivity contribution is 4.57. The summed E-state index contributed by atoms with van der Waals surface area (Å²) in [5.41, 5.74) is 0. The topological polar surface area (TPSA) is 24.1 Å². The van der Waals surface area contributed by atoms with Gasteiger partial charge in [0.2, 0.25) is 0 Å². The largest absolute Gasteiger partial charge is 0.315 e. The fourth-order valence-corrected chi connectivity index (χ4v) is 0.765. The van der Waals surface area contributed by atoms with Gasteiger partial charge in [0.25, 0.3) is 0 Å². The molecule has 0 radical (unpaired) electrons. The predicted octanol–water partition coefficient (Wildman–Crippen LogP) is 1.62. The highest BCUT2D eigenvalue weighted by Crippen LogP contribution is 1.75. The summed E-state index contributed by atoms with van der Waals surface area (Å²) in [6.45, 7) is 12.7. The maximum atomic E-state index is 3.28. The normalized spacial score (nSPS) is 16.4. The Morgan fingerprint density at radius 3 is 1.36 bits per heavy atom. The van der Waals surface area contributed by atoms with Crippen molar-refractivity contribution in [1.82, 2.24) is 10.6 Å². The first-order chi connectivity index (χ1) is 5.50. The van der Waals surface area contributed by atoms with E-state index in [-0.39, 0.29) is 0 Å². The van der Waals surface area contributed by atoms with Crippen molar-refractivity contribution < 1.29 is 0 Å². The van der Waals surface area contributed by atoms with E-state index in [1.54, 1.807) is 0 Å². The van der Waals surface area contributed by atoms with Crippen LogP contribution in [-0.4, -0.2) is 26.2 Å². The molecule has 2 heteroatoms. The number of hydrogen-bond donors (Lipinski definition) is 2. The second-order valence-corrected chi connectivity index (χ2v) is 1.85. The van der Waals surface area contributed by atoms with Gasteiger partial charge >= 0.3 is 0 Å². The van der Waals surface area contributed by atoms with Crippen LogP contribution in [0.2, 0.25) is 0 Å². The van der Waals surface area contributed by atoms with Gasteiger partial charge in [0.1, 0.15) is 0 Å². The lowest BCUT2D eigenvalue weighted by Gasteiger charge is -1.92. The lowest BCUT2D eigenvalue weighted by Crippen LogP contribution is -2.21. The molecule has 1 saturated heterocycles. The molecule has 0 atom stereocenters. The summed E-state index contributed by atoms with van der Waals surface area (Å²) >= 11 is 0. The van der Waals surface area contributed by atoms with Gasteiger partial charge in [-0.05, 0) is 19.5 Å². The first-order valence-electron chi connectivity index (χ1n) is 4.91. The molecule has 0 spiro atoms. The molecular weight excluding hydrogens is 136 g/mol. The Hall–Kier alpha value is -0.0800. The lowest BCUT2D eigenvalue weighted by molar-refractivity contribution is 0.718. The highest BCUT2D eigenvalue weighted by Gasteiger charge is 1.92. The van der Waals surface area contributed by atoms with Crippen molar-refractivity contribution in [1.29, 1.82) is 0 Å². The van der Waals surface area contributed by atoms with E-state index in [0.29, 0.717) is 0 Å². The molecule has 0 unspecified atom stereocenters. The first-order valence-corrected chi connectivity index (χ1v) is 4.91. The smallest absolute Gasteiger partial charge is 0.00767 e. The molecule has 1 fully saturated rings. The molecule has 11 heavy (non-hydrogen) atoms. The van der Waals surface area contributed by atoms with Crippen LogP contribution < -0.4 is 10.6 Å². The Morgan fingerprint density at radius 2 is 1.00 bits per heavy atom. The Morgan fingerprint density at radius 1 is 0.636 bits per heavy atom. The molecule has 0 aromatic heterocycles. The molecule has 1 rings (SSSR count). The predicted molar refractivity (Wildman–Crippen MR) is 53.1 cm³/mol. The summed E-state index contributed by atoms with van der Waals surface area (Å²) in [5.74, 6) is 0. The molecule has 1 aliphatic heterocycles. The van der Waals surface area contributed by atoms with Crippen LogP contribution in [-0.2, 0) is 0 Å². The quantitative estimate of drug-likeness (QED) is 0.563. The summed E-state index contributed by atoms with van der Waals surface area (Å²) in [5, 5.41) is 6.57. The van der Waals surface area contributed by atoms with Gasteiger partial charge in [0, 0.05) is 13.1 Å². The number of rotatable bonds is 0. The van der Waals surface area contributed by atoms with Crippen LogP contribution in [0.25, 0.3) is 0 Å². The average molecular weight is 160 g/mol. The van der Waals surface area contributed by atoms with Gasteiger partial charge in [-0.3, -0.25) is 0 Å². The second-order valence-electron chi connectivity index (χ2n) is 1.85. The molecule has 0 bridgehead atoms. The van der Waals surface area contributed by atoms with Crippen LogP contribution >= 0.6 is 0 Å². The summed E-state index contributed by atoms with van der Waals surface area (Å²) in [6, 6.07) is 0. The molecule has 0 amide bonds.